The lowest BCUT2D eigenvalue weighted by molar-refractivity contribution is -0.132. The Morgan fingerprint density at radius 2 is 0.757 bits per heavy atom. The molecule has 8 bridgehead atoms. The number of halogens is 12. The molecular weight excluding hydrogens is 1020 g/mol. The van der Waals surface area contributed by atoms with Crippen LogP contribution in [0.3, 0.4) is 0 Å². The molecule has 8 nitrogen and oxygen atoms in total. The lowest BCUT2D eigenvalue weighted by Crippen LogP contribution is -2.06. The maximum absolute atomic E-state index is 14.5. The topological polar surface area (TPSA) is 110 Å². The average Bonchev–Trinajstić information content (AvgIpc) is 4.07. The quantitative estimate of drug-likeness (QED) is 0.0891. The second-order valence-corrected chi connectivity index (χ2v) is 21.7. The van der Waals surface area contributed by atoms with Gasteiger partial charge in [0.15, 0.2) is 0 Å². The summed E-state index contributed by atoms with van der Waals surface area (Å²) in [5, 5.41) is -1.37. The number of nitrogens with one attached hydrogen (secondary N) is 2. The van der Waals surface area contributed by atoms with Gasteiger partial charge in [0.05, 0.1) is 22.8 Å². The summed E-state index contributed by atoms with van der Waals surface area (Å²) in [4.78, 5) is 35.4. The van der Waals surface area contributed by atoms with Gasteiger partial charge in [-0.25, -0.2) is 9.97 Å². The SMILES string of the molecule is CC(=O)Oc1cccc(-c2c3nc(c(-c4cc(Cl)cc(S(F)(F)(F)(F)F)c4)c4ccc([nH]4)c(-c4cccc(OC(C)=O)c4)c4nc(c(-c5cc(Cl)cc(S(F)(F)(F)(F)F)c5)c5ccc2[nH]5)C=C4)C=C3)c1. The summed E-state index contributed by atoms with van der Waals surface area (Å²) >= 11 is 12.4. The number of hydrogen-bond acceptors (Lipinski definition) is 6. The van der Waals surface area contributed by atoms with Crippen molar-refractivity contribution in [1.29, 1.82) is 0 Å². The Morgan fingerprint density at radius 3 is 1.06 bits per heavy atom. The minimum absolute atomic E-state index is 0.0119. The van der Waals surface area contributed by atoms with E-state index in [1.54, 1.807) is 12.1 Å². The molecule has 0 fully saturated rings. The fourth-order valence-electron chi connectivity index (χ4n) is 8.04. The zero-order valence-electron chi connectivity index (χ0n) is 35.6. The fraction of sp³-hybridized carbons (Fsp3) is 0.0417. The van der Waals surface area contributed by atoms with Gasteiger partial charge in [0.2, 0.25) is 0 Å². The van der Waals surface area contributed by atoms with Gasteiger partial charge in [-0.1, -0.05) is 86.3 Å². The monoisotopic (exact) mass is 1050 g/mol. The number of benzene rings is 4. The molecule has 7 aromatic rings. The van der Waals surface area contributed by atoms with Crippen LogP contribution in [-0.2, 0) is 9.59 Å². The van der Waals surface area contributed by atoms with E-state index < -0.39 is 63.3 Å². The summed E-state index contributed by atoms with van der Waals surface area (Å²) < 4.78 is 156. The van der Waals surface area contributed by atoms with Crippen LogP contribution in [0.4, 0.5) is 38.9 Å². The molecule has 9 rings (SSSR count). The highest BCUT2D eigenvalue weighted by molar-refractivity contribution is 8.46. The van der Waals surface area contributed by atoms with Gasteiger partial charge in [0.1, 0.15) is 21.3 Å². The summed E-state index contributed by atoms with van der Waals surface area (Å²) in [6.45, 7) is 2.32. The largest absolute Gasteiger partial charge is 0.427 e. The molecule has 22 heteroatoms. The first-order valence-electron chi connectivity index (χ1n) is 20.2. The molecule has 2 aliphatic heterocycles. The van der Waals surface area contributed by atoms with E-state index in [-0.39, 0.29) is 103 Å². The predicted octanol–water partition coefficient (Wildman–Crippen LogP) is 17.8. The number of aromatic amines is 2. The predicted molar refractivity (Wildman–Crippen MR) is 256 cm³/mol. The third-order valence-corrected chi connectivity index (χ3v) is 13.4. The van der Waals surface area contributed by atoms with Crippen molar-refractivity contribution < 1.29 is 57.9 Å². The number of ether oxygens (including phenoxy) is 2. The zero-order chi connectivity index (χ0) is 50.5. The van der Waals surface area contributed by atoms with E-state index in [1.165, 1.54) is 85.0 Å². The molecule has 0 spiro atoms. The van der Waals surface area contributed by atoms with Crippen LogP contribution in [0.2, 0.25) is 10.0 Å². The highest BCUT2D eigenvalue weighted by atomic mass is 35.5. The lowest BCUT2D eigenvalue weighted by Gasteiger charge is -2.40. The highest BCUT2D eigenvalue weighted by Crippen LogP contribution is 3.03. The second kappa shape index (κ2) is 15.2. The summed E-state index contributed by atoms with van der Waals surface area (Å²) in [6.07, 6.45) is 5.69. The van der Waals surface area contributed by atoms with E-state index in [9.17, 15) is 48.4 Å². The van der Waals surface area contributed by atoms with Crippen molar-refractivity contribution in [2.75, 3.05) is 0 Å². The molecule has 0 aliphatic carbocycles. The molecule has 2 N–H and O–H groups in total. The van der Waals surface area contributed by atoms with Crippen LogP contribution >= 0.6 is 43.6 Å². The van der Waals surface area contributed by atoms with Crippen molar-refractivity contribution in [1.82, 2.24) is 19.9 Å². The lowest BCUT2D eigenvalue weighted by atomic mass is 10.0. The minimum atomic E-state index is -10.4. The highest BCUT2D eigenvalue weighted by Gasteiger charge is 2.66. The number of carbonyl (C=O) groups excluding carboxylic acids is 2. The summed E-state index contributed by atoms with van der Waals surface area (Å²) in [7, 11) is -20.8. The zero-order valence-corrected chi connectivity index (χ0v) is 38.7. The van der Waals surface area contributed by atoms with Crippen LogP contribution in [0.15, 0.2) is 119 Å². The number of nitrogens with zero attached hydrogens (tertiary/aromatic N) is 2. The van der Waals surface area contributed by atoms with Gasteiger partial charge in [-0.05, 0) is 131 Å². The van der Waals surface area contributed by atoms with Gasteiger partial charge in [0, 0.05) is 68.2 Å². The van der Waals surface area contributed by atoms with Crippen molar-refractivity contribution >= 4 is 102 Å². The number of hydrogen-bond donors (Lipinski definition) is 2. The Morgan fingerprint density at radius 1 is 0.443 bits per heavy atom. The standard InChI is InChI=1S/C48H30Cl2F10N4O4S2/c1-25(65)67-33-7-3-5-27(19-33)45-37-9-13-41(61-37)47(29-17-31(49)23-35(21-29)69(51,52,53,54)55)43-15-11-39(63-43)46(28-6-4-8-34(20-28)68-26(2)66)40-12-16-44(64-40)48(42-14-10-38(45)62-42)30-18-32(50)24-36(22-30)70(56,57,58,59)60/h3-24,61,64H,1-2H3. The van der Waals surface area contributed by atoms with Gasteiger partial charge in [-0.2, -0.15) is 0 Å². The molecule has 4 aromatic carbocycles. The van der Waals surface area contributed by atoms with E-state index in [0.29, 0.717) is 11.1 Å². The molecule has 0 saturated heterocycles. The Bertz CT molecular complexity index is 3450. The van der Waals surface area contributed by atoms with E-state index in [1.807, 2.05) is 0 Å². The second-order valence-electron chi connectivity index (χ2n) is 16.0. The van der Waals surface area contributed by atoms with Gasteiger partial charge in [0.25, 0.3) is 0 Å². The first kappa shape index (κ1) is 48.0. The molecule has 362 valence electrons. The summed E-state index contributed by atoms with van der Waals surface area (Å²) in [5.41, 5.74) is 0.171. The molecule has 0 saturated carbocycles. The van der Waals surface area contributed by atoms with Crippen LogP contribution < -0.4 is 9.47 Å². The summed E-state index contributed by atoms with van der Waals surface area (Å²) in [5.74, 6) is -1.24. The van der Waals surface area contributed by atoms with Gasteiger partial charge < -0.3 is 19.4 Å². The number of fused-ring (bicyclic) bond motifs is 8. The Labute approximate surface area is 399 Å². The van der Waals surface area contributed by atoms with E-state index in [2.05, 4.69) is 9.97 Å². The third kappa shape index (κ3) is 9.89. The Balaban J connectivity index is 1.49. The molecule has 0 atom stereocenters. The maximum atomic E-state index is 14.5. The van der Waals surface area contributed by atoms with Crippen molar-refractivity contribution in [3.05, 3.63) is 142 Å². The van der Waals surface area contributed by atoms with E-state index in [4.69, 9.17) is 42.6 Å². The minimum Gasteiger partial charge on any atom is -0.427 e. The van der Waals surface area contributed by atoms with Gasteiger partial charge in [-0.15, -0.1) is 0 Å². The molecule has 0 unspecified atom stereocenters. The van der Waals surface area contributed by atoms with Gasteiger partial charge >= 0.3 is 32.4 Å². The Kier molecular flexibility index (Phi) is 10.5. The molecule has 2 aliphatic rings. The number of carbonyl (C=O) groups is 2. The number of rotatable bonds is 8. The first-order valence-corrected chi connectivity index (χ1v) is 24.9. The van der Waals surface area contributed by atoms with Crippen LogP contribution in [0.5, 0.6) is 11.5 Å². The molecule has 3 aromatic heterocycles. The van der Waals surface area contributed by atoms with Crippen molar-refractivity contribution in [3.8, 4) is 56.0 Å². The van der Waals surface area contributed by atoms with Crippen molar-refractivity contribution in [3.63, 3.8) is 0 Å². The fourth-order valence-corrected chi connectivity index (χ4v) is 10.0. The van der Waals surface area contributed by atoms with Crippen LogP contribution in [0.1, 0.15) is 36.6 Å². The van der Waals surface area contributed by atoms with Crippen LogP contribution in [0.25, 0.3) is 90.9 Å². The number of H-pyrrole nitrogens is 2. The van der Waals surface area contributed by atoms with Crippen LogP contribution in [-0.4, -0.2) is 31.9 Å². The first-order chi connectivity index (χ1) is 32.3. The molecule has 70 heavy (non-hydrogen) atoms. The normalized spacial score (nSPS) is 14.6. The van der Waals surface area contributed by atoms with E-state index >= 15 is 0 Å². The summed E-state index contributed by atoms with van der Waals surface area (Å²) in [6, 6.07) is 20.7. The maximum Gasteiger partial charge on any atom is 0.310 e. The van der Waals surface area contributed by atoms with E-state index in [0.717, 1.165) is 26.0 Å². The molecule has 0 radical (unpaired) electrons. The van der Waals surface area contributed by atoms with Gasteiger partial charge in [-0.3, -0.25) is 9.59 Å². The average molecular weight is 1050 g/mol. The molecule has 5 heterocycles. The van der Waals surface area contributed by atoms with Crippen LogP contribution in [0, 0.1) is 0 Å². The number of aromatic nitrogens is 4. The third-order valence-electron chi connectivity index (χ3n) is 10.7. The Hall–Kier alpha value is -7.00. The molecule has 0 amide bonds. The molecular formula is C48H30Cl2F10N4O4S2. The van der Waals surface area contributed by atoms with Crippen molar-refractivity contribution in [2.45, 2.75) is 23.6 Å². The van der Waals surface area contributed by atoms with Crippen molar-refractivity contribution in [2.24, 2.45) is 0 Å². The smallest absolute Gasteiger partial charge is 0.310 e. The number of esters is 2.